The molecule has 1 unspecified atom stereocenters. The number of benzene rings is 1. The molecule has 1 N–H and O–H groups in total. The highest BCUT2D eigenvalue weighted by atomic mass is 16.5. The lowest BCUT2D eigenvalue weighted by atomic mass is 9.85. The summed E-state index contributed by atoms with van der Waals surface area (Å²) in [4.78, 5) is 26.4. The second-order valence-corrected chi connectivity index (χ2v) is 9.82. The highest BCUT2D eigenvalue weighted by Gasteiger charge is 2.44. The van der Waals surface area contributed by atoms with Gasteiger partial charge in [-0.1, -0.05) is 26.8 Å². The number of morpholine rings is 1. The monoisotopic (exact) mass is 466 g/mol. The van der Waals surface area contributed by atoms with E-state index in [1.165, 1.54) is 0 Å². The van der Waals surface area contributed by atoms with Crippen molar-refractivity contribution in [3.8, 4) is 0 Å². The van der Waals surface area contributed by atoms with Crippen LogP contribution in [-0.4, -0.2) is 63.8 Å². The molecule has 1 spiro atoms. The number of piperidine rings is 1. The van der Waals surface area contributed by atoms with Crippen LogP contribution in [0.3, 0.4) is 0 Å². The average molecular weight is 467 g/mol. The zero-order valence-corrected chi connectivity index (χ0v) is 21.0. The van der Waals surface area contributed by atoms with E-state index in [4.69, 9.17) is 4.74 Å². The van der Waals surface area contributed by atoms with E-state index in [2.05, 4.69) is 21.8 Å². The predicted molar refractivity (Wildman–Crippen MR) is 133 cm³/mol. The van der Waals surface area contributed by atoms with Crippen molar-refractivity contribution in [1.29, 1.82) is 0 Å². The van der Waals surface area contributed by atoms with Crippen LogP contribution < -0.4 is 4.90 Å². The maximum atomic E-state index is 13.3. The number of hydrogen-bond acceptors (Lipinski definition) is 6. The average Bonchev–Trinajstić information content (AvgIpc) is 2.88. The van der Waals surface area contributed by atoms with Crippen molar-refractivity contribution in [2.24, 2.45) is 0 Å². The Kier molecular flexibility index (Phi) is 7.24. The van der Waals surface area contributed by atoms with Gasteiger partial charge in [0.15, 0.2) is 0 Å². The normalized spacial score (nSPS) is 20.6. The molecule has 7 heteroatoms. The summed E-state index contributed by atoms with van der Waals surface area (Å²) in [6, 6.07) is 7.55. The van der Waals surface area contributed by atoms with Gasteiger partial charge in [-0.25, -0.2) is 9.97 Å². The number of aryl methyl sites for hydroxylation is 1. The first kappa shape index (κ1) is 24.6. The summed E-state index contributed by atoms with van der Waals surface area (Å²) in [7, 11) is 0. The van der Waals surface area contributed by atoms with Crippen LogP contribution in [0.4, 0.5) is 5.95 Å². The minimum absolute atomic E-state index is 0.0483. The summed E-state index contributed by atoms with van der Waals surface area (Å²) in [5.41, 5.74) is 1.43. The number of likely N-dealkylation sites (tertiary alicyclic amines) is 1. The molecule has 0 bridgehead atoms. The number of aliphatic hydroxyl groups is 1. The molecule has 0 aliphatic carbocycles. The van der Waals surface area contributed by atoms with Gasteiger partial charge < -0.3 is 19.6 Å². The molecular weight excluding hydrogens is 428 g/mol. The van der Waals surface area contributed by atoms with Gasteiger partial charge in [0.2, 0.25) is 5.95 Å². The molecule has 1 aromatic carbocycles. The van der Waals surface area contributed by atoms with Crippen LogP contribution in [0.2, 0.25) is 0 Å². The number of carbonyl (C=O) groups excluding carboxylic acids is 1. The Balaban J connectivity index is 1.45. The molecule has 3 heterocycles. The van der Waals surface area contributed by atoms with Crippen molar-refractivity contribution in [3.05, 3.63) is 53.3 Å². The summed E-state index contributed by atoms with van der Waals surface area (Å²) in [5.74, 6) is 0.795. The molecule has 1 aromatic heterocycles. The number of aromatic nitrogens is 2. The molecule has 1 amide bonds. The Labute approximate surface area is 203 Å². The zero-order valence-electron chi connectivity index (χ0n) is 21.0. The Morgan fingerprint density at radius 1 is 1.18 bits per heavy atom. The van der Waals surface area contributed by atoms with Crippen LogP contribution in [0.5, 0.6) is 0 Å². The van der Waals surface area contributed by atoms with E-state index >= 15 is 0 Å². The van der Waals surface area contributed by atoms with E-state index in [-0.39, 0.29) is 17.6 Å². The fraction of sp³-hybridized carbons (Fsp3) is 0.593. The van der Waals surface area contributed by atoms with Gasteiger partial charge in [0.25, 0.3) is 5.91 Å². The fourth-order valence-electron chi connectivity index (χ4n) is 5.43. The smallest absolute Gasteiger partial charge is 0.253 e. The minimum Gasteiger partial charge on any atom is -0.385 e. The highest BCUT2D eigenvalue weighted by molar-refractivity contribution is 5.94. The quantitative estimate of drug-likeness (QED) is 0.691. The third-order valence-electron chi connectivity index (χ3n) is 7.72. The van der Waals surface area contributed by atoms with E-state index < -0.39 is 5.60 Å². The third kappa shape index (κ3) is 4.82. The molecule has 34 heavy (non-hydrogen) atoms. The standard InChI is InChI=1S/C27H38N4O3/c1-5-22-18-31(25-28-13-8-14-29-25)19-26(34-22)11-15-30(16-12-26)24(32)21-9-10-23(20(4)17-21)27(33,6-2)7-3/h8-10,13-14,17,22,33H,5-7,11-12,15-16,18-19H2,1-4H3. The van der Waals surface area contributed by atoms with Crippen LogP contribution in [0.1, 0.15) is 74.4 Å². The third-order valence-corrected chi connectivity index (χ3v) is 7.72. The number of hydrogen-bond donors (Lipinski definition) is 1. The summed E-state index contributed by atoms with van der Waals surface area (Å²) >= 11 is 0. The highest BCUT2D eigenvalue weighted by Crippen LogP contribution is 2.35. The van der Waals surface area contributed by atoms with E-state index in [9.17, 15) is 9.90 Å². The van der Waals surface area contributed by atoms with Crippen LogP contribution in [0.15, 0.2) is 36.7 Å². The lowest BCUT2D eigenvalue weighted by molar-refractivity contribution is -0.130. The van der Waals surface area contributed by atoms with Crippen molar-refractivity contribution in [1.82, 2.24) is 14.9 Å². The number of anilines is 1. The summed E-state index contributed by atoms with van der Waals surface area (Å²) in [6.45, 7) is 11.0. The maximum Gasteiger partial charge on any atom is 0.253 e. The molecular formula is C27H38N4O3. The van der Waals surface area contributed by atoms with E-state index in [1.807, 2.05) is 49.9 Å². The van der Waals surface area contributed by atoms with Crippen LogP contribution in [0, 0.1) is 6.92 Å². The Bertz CT molecular complexity index is 985. The number of nitrogens with zero attached hydrogens (tertiary/aromatic N) is 4. The van der Waals surface area contributed by atoms with Crippen LogP contribution in [-0.2, 0) is 10.3 Å². The van der Waals surface area contributed by atoms with Gasteiger partial charge in [-0.05, 0) is 68.4 Å². The largest absolute Gasteiger partial charge is 0.385 e. The first-order valence-electron chi connectivity index (χ1n) is 12.7. The van der Waals surface area contributed by atoms with Crippen molar-refractivity contribution in [3.63, 3.8) is 0 Å². The summed E-state index contributed by atoms with van der Waals surface area (Å²) < 4.78 is 6.58. The SMILES string of the molecule is CCC1CN(c2ncccn2)CC2(CCN(C(=O)c3ccc(C(O)(CC)CC)c(C)c3)CC2)O1. The fourth-order valence-corrected chi connectivity index (χ4v) is 5.43. The predicted octanol–water partition coefficient (Wildman–Crippen LogP) is 4.08. The maximum absolute atomic E-state index is 13.3. The van der Waals surface area contributed by atoms with Crippen molar-refractivity contribution in [2.45, 2.75) is 77.1 Å². The number of ether oxygens (including phenoxy) is 1. The van der Waals surface area contributed by atoms with Gasteiger partial charge in [-0.3, -0.25) is 4.79 Å². The van der Waals surface area contributed by atoms with Gasteiger partial charge in [0.05, 0.1) is 23.9 Å². The van der Waals surface area contributed by atoms with E-state index in [0.717, 1.165) is 49.4 Å². The van der Waals surface area contributed by atoms with Crippen molar-refractivity contribution >= 4 is 11.9 Å². The summed E-state index contributed by atoms with van der Waals surface area (Å²) in [5, 5.41) is 10.9. The first-order chi connectivity index (χ1) is 16.3. The Morgan fingerprint density at radius 2 is 1.85 bits per heavy atom. The van der Waals surface area contributed by atoms with Gasteiger partial charge in [-0.15, -0.1) is 0 Å². The molecule has 2 fully saturated rings. The molecule has 4 rings (SSSR count). The van der Waals surface area contributed by atoms with Gasteiger partial charge >= 0.3 is 0 Å². The van der Waals surface area contributed by atoms with Gasteiger partial charge in [0.1, 0.15) is 0 Å². The number of rotatable bonds is 6. The lowest BCUT2D eigenvalue weighted by Gasteiger charge is -2.50. The first-order valence-corrected chi connectivity index (χ1v) is 12.7. The van der Waals surface area contributed by atoms with Crippen molar-refractivity contribution < 1.29 is 14.6 Å². The Hall–Kier alpha value is -2.51. The van der Waals surface area contributed by atoms with Crippen LogP contribution >= 0.6 is 0 Å². The molecule has 0 saturated carbocycles. The molecule has 184 valence electrons. The number of carbonyl (C=O) groups is 1. The molecule has 2 aromatic rings. The molecule has 1 atom stereocenters. The second-order valence-electron chi connectivity index (χ2n) is 9.82. The topological polar surface area (TPSA) is 78.8 Å². The molecule has 2 saturated heterocycles. The Morgan fingerprint density at radius 3 is 2.44 bits per heavy atom. The van der Waals surface area contributed by atoms with Gasteiger partial charge in [0, 0.05) is 37.6 Å². The summed E-state index contributed by atoms with van der Waals surface area (Å²) in [6.07, 6.45) is 7.50. The molecule has 7 nitrogen and oxygen atoms in total. The molecule has 2 aliphatic rings. The number of amides is 1. The second kappa shape index (κ2) is 10.0. The zero-order chi connectivity index (χ0) is 24.3. The van der Waals surface area contributed by atoms with Crippen LogP contribution in [0.25, 0.3) is 0 Å². The lowest BCUT2D eigenvalue weighted by Crippen LogP contribution is -2.60. The van der Waals surface area contributed by atoms with E-state index in [0.29, 0.717) is 31.5 Å². The van der Waals surface area contributed by atoms with Gasteiger partial charge in [-0.2, -0.15) is 0 Å². The van der Waals surface area contributed by atoms with E-state index in [1.54, 1.807) is 12.4 Å². The molecule has 2 aliphatic heterocycles. The minimum atomic E-state index is -0.842. The van der Waals surface area contributed by atoms with Crippen molar-refractivity contribution in [2.75, 3.05) is 31.1 Å². The molecule has 0 radical (unpaired) electrons.